The van der Waals surface area contributed by atoms with E-state index in [9.17, 15) is 4.79 Å². The summed E-state index contributed by atoms with van der Waals surface area (Å²) in [5.41, 5.74) is 2.89. The second kappa shape index (κ2) is 11.1. The number of pyridine rings is 1. The highest BCUT2D eigenvalue weighted by atomic mass is 32.1. The van der Waals surface area contributed by atoms with E-state index < -0.39 is 0 Å². The van der Waals surface area contributed by atoms with Crippen LogP contribution in [0.5, 0.6) is 5.75 Å². The molecule has 0 fully saturated rings. The Balaban J connectivity index is 1.69. The van der Waals surface area contributed by atoms with Gasteiger partial charge in [0.25, 0.3) is 0 Å². The number of nitrogens with zero attached hydrogens (tertiary/aromatic N) is 6. The van der Waals surface area contributed by atoms with E-state index >= 15 is 0 Å². The number of carbonyl (C=O) groups is 1. The number of aromatic nitrogens is 4. The minimum Gasteiger partial charge on any atom is -0.494 e. The summed E-state index contributed by atoms with van der Waals surface area (Å²) < 4.78 is 5.67. The zero-order chi connectivity index (χ0) is 25.7. The van der Waals surface area contributed by atoms with Crippen molar-refractivity contribution in [1.29, 1.82) is 0 Å². The van der Waals surface area contributed by atoms with Crippen LogP contribution in [0, 0.1) is 0 Å². The lowest BCUT2D eigenvalue weighted by Crippen LogP contribution is -2.29. The molecule has 0 atom stereocenters. The number of benzene rings is 1. The van der Waals surface area contributed by atoms with Crippen LogP contribution < -0.4 is 20.3 Å². The van der Waals surface area contributed by atoms with Gasteiger partial charge < -0.3 is 25.2 Å². The van der Waals surface area contributed by atoms with Crippen LogP contribution in [0.3, 0.4) is 0 Å². The van der Waals surface area contributed by atoms with Crippen LogP contribution in [0.25, 0.3) is 21.6 Å². The van der Waals surface area contributed by atoms with Crippen molar-refractivity contribution in [2.45, 2.75) is 0 Å². The summed E-state index contributed by atoms with van der Waals surface area (Å²) in [7, 11) is 7.59. The van der Waals surface area contributed by atoms with E-state index in [1.165, 1.54) is 23.7 Å². The highest BCUT2D eigenvalue weighted by Gasteiger charge is 2.17. The van der Waals surface area contributed by atoms with Gasteiger partial charge in [-0.3, -0.25) is 4.79 Å². The first kappa shape index (κ1) is 25.0. The van der Waals surface area contributed by atoms with Gasteiger partial charge in [0.15, 0.2) is 5.82 Å². The summed E-state index contributed by atoms with van der Waals surface area (Å²) in [6, 6.07) is 7.56. The van der Waals surface area contributed by atoms with E-state index in [-0.39, 0.29) is 5.91 Å². The fourth-order valence-electron chi connectivity index (χ4n) is 3.55. The van der Waals surface area contributed by atoms with E-state index in [1.807, 2.05) is 44.7 Å². The molecule has 0 bridgehead atoms. The summed E-state index contributed by atoms with van der Waals surface area (Å²) >= 11 is 1.54. The number of rotatable bonds is 10. The zero-order valence-corrected chi connectivity index (χ0v) is 21.5. The molecule has 0 saturated carbocycles. The minimum atomic E-state index is -0.311. The zero-order valence-electron chi connectivity index (χ0n) is 20.6. The number of amides is 1. The molecule has 4 rings (SSSR count). The maximum absolute atomic E-state index is 12.2. The monoisotopic (exact) mass is 504 g/mol. The molecule has 36 heavy (non-hydrogen) atoms. The number of likely N-dealkylation sites (N-methyl/N-ethyl adjacent to an activating group) is 2. The van der Waals surface area contributed by atoms with E-state index in [1.54, 1.807) is 19.4 Å². The molecule has 0 aliphatic carbocycles. The summed E-state index contributed by atoms with van der Waals surface area (Å²) in [5.74, 6) is 1.14. The van der Waals surface area contributed by atoms with E-state index in [0.29, 0.717) is 28.9 Å². The number of anilines is 4. The molecule has 3 aromatic heterocycles. The van der Waals surface area contributed by atoms with E-state index in [0.717, 1.165) is 34.6 Å². The average molecular weight is 505 g/mol. The molecule has 3 heterocycles. The summed E-state index contributed by atoms with van der Waals surface area (Å²) in [6.45, 7) is 5.16. The maximum Gasteiger partial charge on any atom is 0.247 e. The van der Waals surface area contributed by atoms with Crippen molar-refractivity contribution >= 4 is 50.5 Å². The van der Waals surface area contributed by atoms with Crippen LogP contribution in [0.1, 0.15) is 0 Å². The highest BCUT2D eigenvalue weighted by molar-refractivity contribution is 7.17. The van der Waals surface area contributed by atoms with Gasteiger partial charge in [0.05, 0.1) is 24.2 Å². The van der Waals surface area contributed by atoms with Crippen LogP contribution in [-0.2, 0) is 4.79 Å². The van der Waals surface area contributed by atoms with Crippen LogP contribution in [0.4, 0.5) is 23.0 Å². The first-order valence-corrected chi connectivity index (χ1v) is 12.1. The molecular weight excluding hydrogens is 476 g/mol. The Labute approximate surface area is 213 Å². The predicted octanol–water partition coefficient (Wildman–Crippen LogP) is 4.02. The fourth-order valence-corrected chi connectivity index (χ4v) is 4.44. The Kier molecular flexibility index (Phi) is 7.71. The first-order chi connectivity index (χ1) is 17.4. The smallest absolute Gasteiger partial charge is 0.247 e. The van der Waals surface area contributed by atoms with Crippen molar-refractivity contribution in [2.24, 2.45) is 0 Å². The van der Waals surface area contributed by atoms with Gasteiger partial charge in [-0.15, -0.1) is 11.3 Å². The lowest BCUT2D eigenvalue weighted by atomic mass is 10.2. The van der Waals surface area contributed by atoms with Gasteiger partial charge in [-0.2, -0.15) is 4.98 Å². The molecule has 0 aliphatic rings. The van der Waals surface area contributed by atoms with Crippen LogP contribution >= 0.6 is 11.3 Å². The van der Waals surface area contributed by atoms with Crippen molar-refractivity contribution in [3.8, 4) is 17.1 Å². The fraction of sp³-hybridized carbons (Fsp3) is 0.240. The molecule has 186 valence electrons. The van der Waals surface area contributed by atoms with Gasteiger partial charge in [0, 0.05) is 48.7 Å². The largest absolute Gasteiger partial charge is 0.494 e. The molecule has 2 N–H and O–H groups in total. The molecule has 11 heteroatoms. The summed E-state index contributed by atoms with van der Waals surface area (Å²) in [6.07, 6.45) is 4.46. The van der Waals surface area contributed by atoms with Gasteiger partial charge in [-0.1, -0.05) is 6.58 Å². The first-order valence-electron chi connectivity index (χ1n) is 11.2. The van der Waals surface area contributed by atoms with Crippen molar-refractivity contribution in [3.63, 3.8) is 0 Å². The van der Waals surface area contributed by atoms with Crippen molar-refractivity contribution in [3.05, 3.63) is 54.8 Å². The number of fused-ring (bicyclic) bond motifs is 1. The molecule has 1 amide bonds. The molecule has 0 aliphatic heterocycles. The molecule has 0 unspecified atom stereocenters. The predicted molar refractivity (Wildman–Crippen MR) is 145 cm³/mol. The SMILES string of the molecule is C=CC(=O)Nc1cc(Nc2ncnc(-c3csc4ncccc34)n2)c(OC)cc1N(C)CCN(C)C. The maximum atomic E-state index is 12.2. The third-order valence-electron chi connectivity index (χ3n) is 5.46. The summed E-state index contributed by atoms with van der Waals surface area (Å²) in [5, 5.41) is 9.08. The number of thiophene rings is 1. The van der Waals surface area contributed by atoms with Crippen molar-refractivity contribution in [2.75, 3.05) is 56.9 Å². The van der Waals surface area contributed by atoms with Crippen LogP contribution in [-0.4, -0.2) is 72.1 Å². The van der Waals surface area contributed by atoms with Crippen molar-refractivity contribution in [1.82, 2.24) is 24.8 Å². The number of hydrogen-bond donors (Lipinski definition) is 2. The third-order valence-corrected chi connectivity index (χ3v) is 6.37. The highest BCUT2D eigenvalue weighted by Crippen LogP contribution is 2.38. The van der Waals surface area contributed by atoms with Gasteiger partial charge in [-0.25, -0.2) is 15.0 Å². The average Bonchev–Trinajstić information content (AvgIpc) is 3.32. The molecule has 10 nitrogen and oxygen atoms in total. The molecule has 0 radical (unpaired) electrons. The topological polar surface area (TPSA) is 108 Å². The van der Waals surface area contributed by atoms with Crippen LogP contribution in [0.2, 0.25) is 0 Å². The Morgan fingerprint density at radius 1 is 1.17 bits per heavy atom. The molecule has 1 aromatic carbocycles. The lowest BCUT2D eigenvalue weighted by Gasteiger charge is -2.25. The Morgan fingerprint density at radius 2 is 2.00 bits per heavy atom. The number of hydrogen-bond acceptors (Lipinski definition) is 10. The Morgan fingerprint density at radius 3 is 2.75 bits per heavy atom. The molecule has 0 spiro atoms. The number of methoxy groups -OCH3 is 1. The van der Waals surface area contributed by atoms with E-state index in [2.05, 4.69) is 46.9 Å². The molecule has 0 saturated heterocycles. The molecule has 4 aromatic rings. The number of nitrogens with one attached hydrogen (secondary N) is 2. The van der Waals surface area contributed by atoms with Crippen molar-refractivity contribution < 1.29 is 9.53 Å². The van der Waals surface area contributed by atoms with Gasteiger partial charge in [0.2, 0.25) is 11.9 Å². The number of ether oxygens (including phenoxy) is 1. The van der Waals surface area contributed by atoms with Gasteiger partial charge in [0.1, 0.15) is 16.9 Å². The summed E-state index contributed by atoms with van der Waals surface area (Å²) in [4.78, 5) is 34.9. The number of carbonyl (C=O) groups excluding carboxylic acids is 1. The minimum absolute atomic E-state index is 0.311. The molecular formula is C25H28N8O2S. The second-order valence-electron chi connectivity index (χ2n) is 8.25. The Hall–Kier alpha value is -4.09. The third kappa shape index (κ3) is 5.58. The van der Waals surface area contributed by atoms with Gasteiger partial charge in [-0.05, 0) is 38.4 Å². The Bertz CT molecular complexity index is 1390. The second-order valence-corrected chi connectivity index (χ2v) is 9.11. The van der Waals surface area contributed by atoms with Gasteiger partial charge >= 0.3 is 0 Å². The van der Waals surface area contributed by atoms with Crippen LogP contribution in [0.15, 0.2) is 54.8 Å². The normalized spacial score (nSPS) is 10.9. The quantitative estimate of drug-likeness (QED) is 0.310. The lowest BCUT2D eigenvalue weighted by molar-refractivity contribution is -0.111. The standard InChI is InChI=1S/C25H28N8O2S/c1-6-22(34)29-18-12-19(21(35-5)13-20(18)33(4)11-10-32(2)3)30-25-28-15-27-23(31-25)17-14-36-24-16(17)8-7-9-26-24/h6-9,12-15H,1,10-11H2,2-5H3,(H,29,34)(H,27,28,30,31). The van der Waals surface area contributed by atoms with E-state index in [4.69, 9.17) is 4.74 Å².